The number of hydrogen-bond donors (Lipinski definition) is 3. The molecular weight excluding hydrogens is 312 g/mol. The van der Waals surface area contributed by atoms with Crippen molar-refractivity contribution in [1.29, 1.82) is 0 Å². The van der Waals surface area contributed by atoms with Crippen molar-refractivity contribution in [3.8, 4) is 0 Å². The van der Waals surface area contributed by atoms with E-state index in [4.69, 9.17) is 4.42 Å². The Labute approximate surface area is 137 Å². The van der Waals surface area contributed by atoms with E-state index in [1.807, 2.05) is 6.20 Å². The van der Waals surface area contributed by atoms with Crippen LogP contribution >= 0.6 is 0 Å². The second kappa shape index (κ2) is 6.86. The number of methoxy groups -OCH3 is 1. The zero-order chi connectivity index (χ0) is 16.9. The summed E-state index contributed by atoms with van der Waals surface area (Å²) in [5.74, 6) is 0.0196. The molecule has 24 heavy (non-hydrogen) atoms. The first kappa shape index (κ1) is 15.6. The predicted molar refractivity (Wildman–Crippen MR) is 86.9 cm³/mol. The maximum Gasteiger partial charge on any atom is 0.411 e. The van der Waals surface area contributed by atoms with Gasteiger partial charge in [0.05, 0.1) is 25.3 Å². The minimum absolute atomic E-state index is 0.258. The van der Waals surface area contributed by atoms with Crippen molar-refractivity contribution in [2.75, 3.05) is 19.0 Å². The van der Waals surface area contributed by atoms with Crippen molar-refractivity contribution in [3.63, 3.8) is 0 Å². The fraction of sp³-hybridized carbons (Fsp3) is 0.188. The van der Waals surface area contributed by atoms with Gasteiger partial charge in [0, 0.05) is 18.1 Å². The molecule has 0 bridgehead atoms. The van der Waals surface area contributed by atoms with Crippen molar-refractivity contribution >= 4 is 28.7 Å². The third kappa shape index (κ3) is 3.37. The maximum atomic E-state index is 11.8. The zero-order valence-corrected chi connectivity index (χ0v) is 13.0. The SMILES string of the molecule is COC(=O)Nc1cnc2[nH]cc(CCNC(=O)c3ccco3)c2c1. The highest BCUT2D eigenvalue weighted by Gasteiger charge is 2.10. The molecule has 8 nitrogen and oxygen atoms in total. The smallest absolute Gasteiger partial charge is 0.411 e. The quantitative estimate of drug-likeness (QED) is 0.666. The van der Waals surface area contributed by atoms with E-state index in [0.717, 1.165) is 10.9 Å². The first-order valence-corrected chi connectivity index (χ1v) is 7.30. The number of nitrogens with zero attached hydrogens (tertiary/aromatic N) is 1. The average molecular weight is 328 g/mol. The van der Waals surface area contributed by atoms with Gasteiger partial charge in [-0.3, -0.25) is 10.1 Å². The van der Waals surface area contributed by atoms with Gasteiger partial charge in [0.1, 0.15) is 5.65 Å². The third-order valence-corrected chi connectivity index (χ3v) is 3.47. The van der Waals surface area contributed by atoms with Crippen LogP contribution in [0.5, 0.6) is 0 Å². The number of aromatic nitrogens is 2. The van der Waals surface area contributed by atoms with Gasteiger partial charge in [-0.2, -0.15) is 0 Å². The molecule has 3 heterocycles. The Kier molecular flexibility index (Phi) is 4.46. The highest BCUT2D eigenvalue weighted by Crippen LogP contribution is 2.20. The van der Waals surface area contributed by atoms with Crippen LogP contribution in [0.1, 0.15) is 16.1 Å². The second-order valence-corrected chi connectivity index (χ2v) is 5.03. The molecule has 0 unspecified atom stereocenters. The summed E-state index contributed by atoms with van der Waals surface area (Å²) in [6.07, 6.45) is 4.88. The Morgan fingerprint density at radius 2 is 2.29 bits per heavy atom. The molecule has 0 saturated carbocycles. The van der Waals surface area contributed by atoms with Gasteiger partial charge < -0.3 is 19.5 Å². The molecule has 124 valence electrons. The lowest BCUT2D eigenvalue weighted by Crippen LogP contribution is -2.25. The molecule has 2 amide bonds. The number of rotatable bonds is 5. The molecule has 0 aliphatic carbocycles. The minimum Gasteiger partial charge on any atom is -0.459 e. The maximum absolute atomic E-state index is 11.8. The van der Waals surface area contributed by atoms with E-state index >= 15 is 0 Å². The number of fused-ring (bicyclic) bond motifs is 1. The van der Waals surface area contributed by atoms with E-state index in [-0.39, 0.29) is 11.7 Å². The molecule has 0 saturated heterocycles. The van der Waals surface area contributed by atoms with Crippen LogP contribution in [-0.4, -0.2) is 35.6 Å². The fourth-order valence-corrected chi connectivity index (χ4v) is 2.31. The highest BCUT2D eigenvalue weighted by molar-refractivity contribution is 5.91. The van der Waals surface area contributed by atoms with Crippen molar-refractivity contribution < 1.29 is 18.7 Å². The van der Waals surface area contributed by atoms with E-state index in [1.54, 1.807) is 18.2 Å². The number of amides is 2. The first-order valence-electron chi connectivity index (χ1n) is 7.30. The van der Waals surface area contributed by atoms with Crippen molar-refractivity contribution in [1.82, 2.24) is 15.3 Å². The van der Waals surface area contributed by atoms with E-state index in [0.29, 0.717) is 24.3 Å². The summed E-state index contributed by atoms with van der Waals surface area (Å²) in [6, 6.07) is 5.07. The Hall–Kier alpha value is -3.29. The zero-order valence-electron chi connectivity index (χ0n) is 13.0. The van der Waals surface area contributed by atoms with Gasteiger partial charge in [-0.25, -0.2) is 9.78 Å². The number of carbonyl (C=O) groups is 2. The Bertz CT molecular complexity index is 854. The number of nitrogens with one attached hydrogen (secondary N) is 3. The van der Waals surface area contributed by atoms with Crippen LogP contribution in [0.25, 0.3) is 11.0 Å². The lowest BCUT2D eigenvalue weighted by molar-refractivity contribution is 0.0926. The van der Waals surface area contributed by atoms with Gasteiger partial charge in [-0.15, -0.1) is 0 Å². The number of carbonyl (C=O) groups excluding carboxylic acids is 2. The van der Waals surface area contributed by atoms with Gasteiger partial charge in [0.25, 0.3) is 5.91 Å². The third-order valence-electron chi connectivity index (χ3n) is 3.47. The summed E-state index contributed by atoms with van der Waals surface area (Å²) in [7, 11) is 1.30. The van der Waals surface area contributed by atoms with Crippen molar-refractivity contribution in [2.24, 2.45) is 0 Å². The van der Waals surface area contributed by atoms with Gasteiger partial charge in [0.2, 0.25) is 0 Å². The number of furan rings is 1. The largest absolute Gasteiger partial charge is 0.459 e. The molecule has 0 spiro atoms. The molecule has 0 radical (unpaired) electrons. The summed E-state index contributed by atoms with van der Waals surface area (Å²) in [5.41, 5.74) is 2.22. The van der Waals surface area contributed by atoms with Crippen LogP contribution in [0.2, 0.25) is 0 Å². The van der Waals surface area contributed by atoms with Crippen molar-refractivity contribution in [2.45, 2.75) is 6.42 Å². The normalized spacial score (nSPS) is 10.5. The molecule has 3 aromatic rings. The molecule has 3 rings (SSSR count). The van der Waals surface area contributed by atoms with Gasteiger partial charge in [-0.1, -0.05) is 0 Å². The average Bonchev–Trinajstić information content (AvgIpc) is 3.24. The molecule has 0 atom stereocenters. The molecule has 0 fully saturated rings. The van der Waals surface area contributed by atoms with Crippen LogP contribution in [0.4, 0.5) is 10.5 Å². The molecule has 3 aromatic heterocycles. The Balaban J connectivity index is 1.67. The Morgan fingerprint density at radius 3 is 3.04 bits per heavy atom. The molecule has 0 aliphatic rings. The van der Waals surface area contributed by atoms with E-state index < -0.39 is 6.09 Å². The topological polar surface area (TPSA) is 109 Å². The first-order chi connectivity index (χ1) is 11.7. The number of ether oxygens (including phenoxy) is 1. The minimum atomic E-state index is -0.557. The summed E-state index contributed by atoms with van der Waals surface area (Å²) in [5, 5.41) is 6.23. The molecule has 0 aliphatic heterocycles. The standard InChI is InChI=1S/C16H16N4O4/c1-23-16(22)20-11-7-12-10(8-18-14(12)19-9-11)4-5-17-15(21)13-3-2-6-24-13/h2-3,6-9H,4-5H2,1H3,(H,17,21)(H,18,19)(H,20,22). The molecular formula is C16H16N4O4. The number of pyridine rings is 1. The lowest BCUT2D eigenvalue weighted by Gasteiger charge is -2.05. The summed E-state index contributed by atoms with van der Waals surface area (Å²) >= 11 is 0. The molecule has 3 N–H and O–H groups in total. The fourth-order valence-electron chi connectivity index (χ4n) is 2.31. The predicted octanol–water partition coefficient (Wildman–Crippen LogP) is 2.31. The monoisotopic (exact) mass is 328 g/mol. The Morgan fingerprint density at radius 1 is 1.42 bits per heavy atom. The second-order valence-electron chi connectivity index (χ2n) is 5.03. The number of H-pyrrole nitrogens is 1. The number of hydrogen-bond acceptors (Lipinski definition) is 5. The summed E-state index contributed by atoms with van der Waals surface area (Å²) < 4.78 is 9.60. The van der Waals surface area contributed by atoms with Crippen LogP contribution in [0.3, 0.4) is 0 Å². The highest BCUT2D eigenvalue weighted by atomic mass is 16.5. The molecule has 0 aromatic carbocycles. The van der Waals surface area contributed by atoms with E-state index in [9.17, 15) is 9.59 Å². The molecule has 8 heteroatoms. The lowest BCUT2D eigenvalue weighted by atomic mass is 10.1. The van der Waals surface area contributed by atoms with Crippen LogP contribution < -0.4 is 10.6 Å². The van der Waals surface area contributed by atoms with Gasteiger partial charge in [-0.05, 0) is 30.2 Å². The number of aromatic amines is 1. The van der Waals surface area contributed by atoms with Gasteiger partial charge in [0.15, 0.2) is 5.76 Å². The van der Waals surface area contributed by atoms with E-state index in [1.165, 1.54) is 19.6 Å². The van der Waals surface area contributed by atoms with Gasteiger partial charge >= 0.3 is 6.09 Å². The summed E-state index contributed by atoms with van der Waals surface area (Å²) in [6.45, 7) is 0.446. The van der Waals surface area contributed by atoms with Crippen LogP contribution in [-0.2, 0) is 11.2 Å². The van der Waals surface area contributed by atoms with Crippen molar-refractivity contribution in [3.05, 3.63) is 48.2 Å². The van der Waals surface area contributed by atoms with E-state index in [2.05, 4.69) is 25.3 Å². The number of anilines is 1. The van der Waals surface area contributed by atoms with Crippen LogP contribution in [0, 0.1) is 0 Å². The van der Waals surface area contributed by atoms with Crippen LogP contribution in [0.15, 0.2) is 41.3 Å². The summed E-state index contributed by atoms with van der Waals surface area (Å²) in [4.78, 5) is 30.4.